The topological polar surface area (TPSA) is 113 Å². The monoisotopic (exact) mass is 544 g/mol. The number of carbonyl (C=O) groups is 3. The minimum Gasteiger partial charge on any atom is -0.434 e. The van der Waals surface area contributed by atoms with E-state index in [0.717, 1.165) is 57.2 Å². The van der Waals surface area contributed by atoms with E-state index in [4.69, 9.17) is 4.42 Å². The molecule has 40 heavy (non-hydrogen) atoms. The number of para-hydroxylation sites is 2. The molecular formula is C32H40N4O4. The van der Waals surface area contributed by atoms with Crippen molar-refractivity contribution >= 4 is 28.7 Å². The number of amides is 2. The highest BCUT2D eigenvalue weighted by atomic mass is 16.4. The molecule has 1 aliphatic heterocycles. The summed E-state index contributed by atoms with van der Waals surface area (Å²) in [5, 5.41) is 9.39. The number of piperidine rings is 1. The summed E-state index contributed by atoms with van der Waals surface area (Å²) in [6, 6.07) is 15.6. The van der Waals surface area contributed by atoms with E-state index >= 15 is 0 Å². The van der Waals surface area contributed by atoms with E-state index in [9.17, 15) is 14.4 Å². The van der Waals surface area contributed by atoms with Crippen LogP contribution in [0.2, 0.25) is 0 Å². The minimum atomic E-state index is -0.828. The van der Waals surface area contributed by atoms with Crippen LogP contribution in [0.1, 0.15) is 74.0 Å². The molecule has 1 aromatic heterocycles. The number of hydrogen-bond donors (Lipinski definition) is 3. The van der Waals surface area contributed by atoms with Gasteiger partial charge in [-0.2, -0.15) is 0 Å². The van der Waals surface area contributed by atoms with Crippen LogP contribution < -0.4 is 16.0 Å². The molecule has 1 saturated heterocycles. The fourth-order valence-corrected chi connectivity index (χ4v) is 5.98. The average molecular weight is 545 g/mol. The molecule has 0 radical (unpaired) electrons. The Bertz CT molecular complexity index is 1250. The second-order valence-corrected chi connectivity index (χ2v) is 11.3. The molecule has 0 unspecified atom stereocenters. The Morgan fingerprint density at radius 3 is 2.35 bits per heavy atom. The van der Waals surface area contributed by atoms with Crippen molar-refractivity contribution < 1.29 is 18.8 Å². The Balaban J connectivity index is 1.34. The van der Waals surface area contributed by atoms with Crippen molar-refractivity contribution in [3.05, 3.63) is 66.1 Å². The number of carbonyl (C=O) groups excluding carboxylic acids is 3. The molecule has 2 amide bonds. The number of ketones is 1. The number of nitrogens with zero attached hydrogens (tertiary/aromatic N) is 1. The third-order valence-electron chi connectivity index (χ3n) is 8.34. The van der Waals surface area contributed by atoms with Crippen LogP contribution in [0.3, 0.4) is 0 Å². The number of nitrogens with one attached hydrogen (secondary N) is 3. The first-order valence-electron chi connectivity index (χ1n) is 14.8. The van der Waals surface area contributed by atoms with Gasteiger partial charge in [0.25, 0.3) is 5.89 Å². The van der Waals surface area contributed by atoms with Gasteiger partial charge in [0.15, 0.2) is 5.58 Å². The van der Waals surface area contributed by atoms with Crippen molar-refractivity contribution in [3.63, 3.8) is 0 Å². The second kappa shape index (κ2) is 13.7. The zero-order chi connectivity index (χ0) is 27.7. The standard InChI is InChI=1S/C32H40N4O4/c37-29(32-36-25-13-7-8-14-28(25)40-32)26(16-15-22-9-3-1-4-10-22)34-31(39)27(21-23-11-5-2-6-12-23)35-30(38)24-17-19-33-20-18-24/h1,3-4,7-10,13-14,23-24,26-27,33H,2,5-6,11-12,15-21H2,(H,34,39)(H,35,38)/t26-,27-/m0/s1. The zero-order valence-corrected chi connectivity index (χ0v) is 23.1. The fourth-order valence-electron chi connectivity index (χ4n) is 5.98. The predicted molar refractivity (Wildman–Crippen MR) is 154 cm³/mol. The Labute approximate surface area is 235 Å². The largest absolute Gasteiger partial charge is 0.434 e. The number of Topliss-reactive ketones (excluding diaryl/α,β-unsaturated/α-hetero) is 1. The predicted octanol–water partition coefficient (Wildman–Crippen LogP) is 4.58. The van der Waals surface area contributed by atoms with Gasteiger partial charge in [0.2, 0.25) is 17.6 Å². The molecule has 212 valence electrons. The number of aromatic nitrogens is 1. The lowest BCUT2D eigenvalue weighted by Gasteiger charge is -2.30. The molecular weight excluding hydrogens is 504 g/mol. The summed E-state index contributed by atoms with van der Waals surface area (Å²) < 4.78 is 5.78. The summed E-state index contributed by atoms with van der Waals surface area (Å²) in [6.07, 6.45) is 8.75. The molecule has 8 nitrogen and oxygen atoms in total. The van der Waals surface area contributed by atoms with Crippen molar-refractivity contribution in [2.45, 2.75) is 76.3 Å². The molecule has 3 N–H and O–H groups in total. The van der Waals surface area contributed by atoms with E-state index in [1.54, 1.807) is 12.1 Å². The van der Waals surface area contributed by atoms with E-state index in [-0.39, 0.29) is 29.4 Å². The highest BCUT2D eigenvalue weighted by molar-refractivity contribution is 6.01. The summed E-state index contributed by atoms with van der Waals surface area (Å²) >= 11 is 0. The highest BCUT2D eigenvalue weighted by Crippen LogP contribution is 2.28. The lowest BCUT2D eigenvalue weighted by atomic mass is 9.84. The third kappa shape index (κ3) is 7.36. The lowest BCUT2D eigenvalue weighted by molar-refractivity contribution is -0.132. The molecule has 2 fully saturated rings. The number of benzene rings is 2. The molecule has 1 aliphatic carbocycles. The van der Waals surface area contributed by atoms with Crippen LogP contribution in [0.4, 0.5) is 0 Å². The van der Waals surface area contributed by atoms with Gasteiger partial charge in [0.05, 0.1) is 6.04 Å². The first-order chi connectivity index (χ1) is 19.6. The third-order valence-corrected chi connectivity index (χ3v) is 8.34. The molecule has 2 aliphatic rings. The molecule has 5 rings (SSSR count). The van der Waals surface area contributed by atoms with E-state index in [1.807, 2.05) is 42.5 Å². The summed E-state index contributed by atoms with van der Waals surface area (Å²) in [6.45, 7) is 1.61. The summed E-state index contributed by atoms with van der Waals surface area (Å²) in [7, 11) is 0. The SMILES string of the molecule is O=C(N[C@@H](CC1CCCCC1)C(=O)N[C@@H](CCc1ccccc1)C(=O)c1nc2ccccc2o1)C1CCNCC1. The van der Waals surface area contributed by atoms with Gasteiger partial charge in [-0.05, 0) is 68.8 Å². The molecule has 2 atom stereocenters. The van der Waals surface area contributed by atoms with Gasteiger partial charge in [-0.1, -0.05) is 74.6 Å². The maximum Gasteiger partial charge on any atom is 0.266 e. The quantitative estimate of drug-likeness (QED) is 0.305. The molecule has 0 bridgehead atoms. The van der Waals surface area contributed by atoms with Crippen molar-refractivity contribution in [1.29, 1.82) is 0 Å². The van der Waals surface area contributed by atoms with Crippen LogP contribution in [0.15, 0.2) is 59.0 Å². The highest BCUT2D eigenvalue weighted by Gasteiger charge is 2.33. The molecule has 8 heteroatoms. The van der Waals surface area contributed by atoms with Gasteiger partial charge in [-0.3, -0.25) is 14.4 Å². The molecule has 2 heterocycles. The van der Waals surface area contributed by atoms with Gasteiger partial charge in [0, 0.05) is 5.92 Å². The van der Waals surface area contributed by atoms with Crippen molar-refractivity contribution in [3.8, 4) is 0 Å². The average Bonchev–Trinajstić information content (AvgIpc) is 3.44. The normalized spacial score (nSPS) is 18.2. The van der Waals surface area contributed by atoms with Crippen LogP contribution >= 0.6 is 0 Å². The smallest absolute Gasteiger partial charge is 0.266 e. The summed E-state index contributed by atoms with van der Waals surface area (Å²) in [5.41, 5.74) is 2.21. The Kier molecular flexibility index (Phi) is 9.60. The van der Waals surface area contributed by atoms with Crippen LogP contribution in [-0.2, 0) is 16.0 Å². The maximum absolute atomic E-state index is 13.8. The van der Waals surface area contributed by atoms with E-state index in [1.165, 1.54) is 6.42 Å². The minimum absolute atomic E-state index is 0.0119. The molecule has 1 saturated carbocycles. The number of hydrogen-bond acceptors (Lipinski definition) is 6. The Morgan fingerprint density at radius 2 is 1.60 bits per heavy atom. The lowest BCUT2D eigenvalue weighted by Crippen LogP contribution is -2.54. The van der Waals surface area contributed by atoms with Crippen LogP contribution in [0.25, 0.3) is 11.1 Å². The Morgan fingerprint density at radius 1 is 0.875 bits per heavy atom. The van der Waals surface area contributed by atoms with Gasteiger partial charge < -0.3 is 20.4 Å². The fraction of sp³-hybridized carbons (Fsp3) is 0.500. The summed E-state index contributed by atoms with van der Waals surface area (Å²) in [4.78, 5) is 45.1. The second-order valence-electron chi connectivity index (χ2n) is 11.3. The van der Waals surface area contributed by atoms with E-state index in [0.29, 0.717) is 36.3 Å². The molecule has 3 aromatic rings. The summed E-state index contributed by atoms with van der Waals surface area (Å²) in [5.74, 6) is -0.464. The maximum atomic E-state index is 13.8. The first kappa shape index (κ1) is 28.0. The van der Waals surface area contributed by atoms with Crippen molar-refractivity contribution in [1.82, 2.24) is 20.9 Å². The number of aryl methyl sites for hydroxylation is 1. The number of fused-ring (bicyclic) bond motifs is 1. The number of rotatable bonds is 11. The molecule has 0 spiro atoms. The van der Waals surface area contributed by atoms with Crippen LogP contribution in [-0.4, -0.2) is 47.8 Å². The van der Waals surface area contributed by atoms with Crippen molar-refractivity contribution in [2.75, 3.05) is 13.1 Å². The van der Waals surface area contributed by atoms with Crippen LogP contribution in [0.5, 0.6) is 0 Å². The van der Waals surface area contributed by atoms with Gasteiger partial charge in [-0.25, -0.2) is 4.98 Å². The number of oxazole rings is 1. The van der Waals surface area contributed by atoms with Crippen molar-refractivity contribution in [2.24, 2.45) is 11.8 Å². The van der Waals surface area contributed by atoms with E-state index in [2.05, 4.69) is 20.9 Å². The van der Waals surface area contributed by atoms with E-state index < -0.39 is 12.1 Å². The Hall–Kier alpha value is -3.52. The zero-order valence-electron chi connectivity index (χ0n) is 23.1. The molecule has 2 aromatic carbocycles. The van der Waals surface area contributed by atoms with Gasteiger partial charge in [0.1, 0.15) is 11.6 Å². The van der Waals surface area contributed by atoms with Gasteiger partial charge >= 0.3 is 0 Å². The van der Waals surface area contributed by atoms with Crippen LogP contribution in [0, 0.1) is 11.8 Å². The van der Waals surface area contributed by atoms with Gasteiger partial charge in [-0.15, -0.1) is 0 Å². The first-order valence-corrected chi connectivity index (χ1v) is 14.8.